The van der Waals surface area contributed by atoms with Gasteiger partial charge < -0.3 is 10.4 Å². The number of hydrogen-bond acceptors (Lipinski definition) is 4. The lowest BCUT2D eigenvalue weighted by atomic mass is 9.96. The first kappa shape index (κ1) is 17.2. The number of aromatic hydroxyl groups is 1. The van der Waals surface area contributed by atoms with Crippen LogP contribution >= 0.6 is 45.2 Å². The van der Waals surface area contributed by atoms with Gasteiger partial charge in [0.05, 0.1) is 9.14 Å². The summed E-state index contributed by atoms with van der Waals surface area (Å²) >= 11 is 4.20. The van der Waals surface area contributed by atoms with Gasteiger partial charge in [0.1, 0.15) is 5.75 Å². The maximum Gasteiger partial charge on any atom is 0.260 e. The Bertz CT molecular complexity index is 878. The Kier molecular flexibility index (Phi) is 5.09. The molecule has 0 aromatic heterocycles. The number of nitrogens with one attached hydrogen (secondary N) is 2. The first-order valence-corrected chi connectivity index (χ1v) is 9.18. The molecule has 0 unspecified atom stereocenters. The molecule has 0 saturated heterocycles. The van der Waals surface area contributed by atoms with E-state index in [1.165, 1.54) is 0 Å². The van der Waals surface area contributed by atoms with Crippen molar-refractivity contribution in [2.24, 2.45) is 0 Å². The molecule has 0 saturated carbocycles. The third-order valence-corrected chi connectivity index (χ3v) is 5.13. The van der Waals surface area contributed by atoms with Crippen molar-refractivity contribution in [2.75, 3.05) is 0 Å². The molecule has 1 heterocycles. The number of phenols is 1. The topological polar surface area (TPSA) is 78.4 Å². The summed E-state index contributed by atoms with van der Waals surface area (Å²) in [6.45, 7) is 0.453. The molecular weight excluding hydrogens is 534 g/mol. The second-order valence-electron chi connectivity index (χ2n) is 5.20. The highest BCUT2D eigenvalue weighted by Gasteiger charge is 2.27. The molecule has 122 valence electrons. The van der Waals surface area contributed by atoms with Gasteiger partial charge in [0, 0.05) is 27.4 Å². The molecule has 2 aromatic rings. The average Bonchev–Trinajstić information content (AvgIpc) is 2.53. The molecule has 5 nitrogen and oxygen atoms in total. The molecule has 24 heavy (non-hydrogen) atoms. The number of benzene rings is 2. The fourth-order valence-electron chi connectivity index (χ4n) is 2.38. The summed E-state index contributed by atoms with van der Waals surface area (Å²) in [5, 5.41) is 15.1. The molecule has 2 amide bonds. The van der Waals surface area contributed by atoms with Crippen LogP contribution in [0.15, 0.2) is 42.6 Å². The van der Waals surface area contributed by atoms with Crippen molar-refractivity contribution in [1.29, 1.82) is 0 Å². The number of carbonyl (C=O) groups excluding carboxylic acids is 2. The molecule has 7 heteroatoms. The third kappa shape index (κ3) is 3.56. The van der Waals surface area contributed by atoms with Gasteiger partial charge in [-0.05, 0) is 81.1 Å². The minimum absolute atomic E-state index is 0.225. The van der Waals surface area contributed by atoms with Crippen molar-refractivity contribution in [3.8, 4) is 5.75 Å². The second-order valence-corrected chi connectivity index (χ2v) is 7.61. The Hall–Kier alpha value is -1.62. The number of imide groups is 1. The molecule has 0 fully saturated rings. The monoisotopic (exact) mass is 546 g/mol. The molecule has 0 bridgehead atoms. The van der Waals surface area contributed by atoms with Crippen molar-refractivity contribution in [3.05, 3.63) is 66.4 Å². The normalized spacial score (nSPS) is 15.2. The highest BCUT2D eigenvalue weighted by Crippen LogP contribution is 2.25. The quantitative estimate of drug-likeness (QED) is 0.315. The van der Waals surface area contributed by atoms with E-state index in [1.54, 1.807) is 18.3 Å². The fraction of sp³-hybridized carbons (Fsp3) is 0.0588. The van der Waals surface area contributed by atoms with E-state index in [1.807, 2.05) is 24.3 Å². The summed E-state index contributed by atoms with van der Waals surface area (Å²) in [6.07, 6.45) is 1.60. The van der Waals surface area contributed by atoms with Crippen LogP contribution in [0.2, 0.25) is 0 Å². The average molecular weight is 546 g/mol. The van der Waals surface area contributed by atoms with Gasteiger partial charge in [-0.1, -0.05) is 6.07 Å². The molecular formula is C17H12I2N2O3. The van der Waals surface area contributed by atoms with Crippen LogP contribution in [0.5, 0.6) is 5.75 Å². The van der Waals surface area contributed by atoms with E-state index in [0.717, 1.165) is 12.7 Å². The van der Waals surface area contributed by atoms with E-state index in [9.17, 15) is 14.7 Å². The standard InChI is InChI=1S/C17H12I2N2O3/c18-10-2-3-11-12(6-10)13(17(24)21-16(11)23)8-20-7-9-1-4-14(19)15(22)5-9/h1-6,8,20,22H,7H2,(H,21,23,24). The van der Waals surface area contributed by atoms with Crippen molar-refractivity contribution >= 4 is 62.6 Å². The SMILES string of the molecule is O=C1NC(=O)c2ccc(I)cc2C1=CNCc1ccc(I)c(O)c1. The fourth-order valence-corrected chi connectivity index (χ4v) is 3.21. The molecule has 2 aromatic carbocycles. The maximum absolute atomic E-state index is 12.1. The van der Waals surface area contributed by atoms with Crippen molar-refractivity contribution in [3.63, 3.8) is 0 Å². The van der Waals surface area contributed by atoms with Gasteiger partial charge in [-0.2, -0.15) is 0 Å². The van der Waals surface area contributed by atoms with Crippen LogP contribution in [-0.2, 0) is 11.3 Å². The van der Waals surface area contributed by atoms with Crippen molar-refractivity contribution in [1.82, 2.24) is 10.6 Å². The first-order valence-electron chi connectivity index (χ1n) is 7.02. The molecule has 3 N–H and O–H groups in total. The molecule has 3 rings (SSSR count). The van der Waals surface area contributed by atoms with Gasteiger partial charge in [-0.3, -0.25) is 14.9 Å². The van der Waals surface area contributed by atoms with Crippen molar-refractivity contribution < 1.29 is 14.7 Å². The summed E-state index contributed by atoms with van der Waals surface area (Å²) in [7, 11) is 0. The lowest BCUT2D eigenvalue weighted by Gasteiger charge is -2.18. The molecule has 1 aliphatic heterocycles. The second kappa shape index (κ2) is 7.09. The number of hydrogen-bond donors (Lipinski definition) is 3. The zero-order valence-electron chi connectivity index (χ0n) is 12.3. The number of halogens is 2. The summed E-state index contributed by atoms with van der Waals surface area (Å²) in [6, 6.07) is 10.8. The Morgan fingerprint density at radius 3 is 2.58 bits per heavy atom. The zero-order chi connectivity index (χ0) is 17.3. The van der Waals surface area contributed by atoms with E-state index in [-0.39, 0.29) is 11.7 Å². The number of phenolic OH excluding ortho intramolecular Hbond substituents is 1. The molecule has 1 aliphatic rings. The zero-order valence-corrected chi connectivity index (χ0v) is 16.6. The summed E-state index contributed by atoms with van der Waals surface area (Å²) in [4.78, 5) is 24.0. The number of carbonyl (C=O) groups is 2. The Balaban J connectivity index is 1.85. The van der Waals surface area contributed by atoms with Crippen LogP contribution in [0.25, 0.3) is 5.57 Å². The van der Waals surface area contributed by atoms with Crippen LogP contribution in [-0.4, -0.2) is 16.9 Å². The van der Waals surface area contributed by atoms with E-state index in [0.29, 0.717) is 23.2 Å². The Labute approximate surface area is 165 Å². The highest BCUT2D eigenvalue weighted by molar-refractivity contribution is 14.1. The number of rotatable bonds is 3. The summed E-state index contributed by atoms with van der Waals surface area (Å²) in [5.74, 6) is -0.581. The molecule has 0 spiro atoms. The van der Waals surface area contributed by atoms with Crippen LogP contribution in [0.3, 0.4) is 0 Å². The number of fused-ring (bicyclic) bond motifs is 1. The van der Waals surface area contributed by atoms with Gasteiger partial charge in [0.2, 0.25) is 0 Å². The van der Waals surface area contributed by atoms with Crippen LogP contribution in [0, 0.1) is 7.14 Å². The maximum atomic E-state index is 12.1. The van der Waals surface area contributed by atoms with E-state index in [2.05, 4.69) is 55.8 Å². The molecule has 0 aliphatic carbocycles. The Morgan fingerprint density at radius 1 is 1.04 bits per heavy atom. The smallest absolute Gasteiger partial charge is 0.260 e. The predicted octanol–water partition coefficient (Wildman–Crippen LogP) is 3.00. The third-order valence-electron chi connectivity index (χ3n) is 3.55. The van der Waals surface area contributed by atoms with Gasteiger partial charge in [0.15, 0.2) is 0 Å². The lowest BCUT2D eigenvalue weighted by molar-refractivity contribution is -0.114. The van der Waals surface area contributed by atoms with Crippen LogP contribution in [0.1, 0.15) is 21.5 Å². The van der Waals surface area contributed by atoms with Gasteiger partial charge in [0.25, 0.3) is 11.8 Å². The Morgan fingerprint density at radius 2 is 1.83 bits per heavy atom. The minimum Gasteiger partial charge on any atom is -0.507 e. The van der Waals surface area contributed by atoms with E-state index >= 15 is 0 Å². The largest absolute Gasteiger partial charge is 0.507 e. The molecule has 0 atom stereocenters. The predicted molar refractivity (Wildman–Crippen MR) is 107 cm³/mol. The lowest BCUT2D eigenvalue weighted by Crippen LogP contribution is -2.37. The summed E-state index contributed by atoms with van der Waals surface area (Å²) in [5.41, 5.74) is 2.40. The summed E-state index contributed by atoms with van der Waals surface area (Å²) < 4.78 is 1.73. The van der Waals surface area contributed by atoms with Crippen LogP contribution < -0.4 is 10.6 Å². The highest BCUT2D eigenvalue weighted by atomic mass is 127. The minimum atomic E-state index is -0.424. The number of amides is 2. The molecule has 0 radical (unpaired) electrons. The van der Waals surface area contributed by atoms with E-state index in [4.69, 9.17) is 0 Å². The van der Waals surface area contributed by atoms with Gasteiger partial charge in [-0.15, -0.1) is 0 Å². The van der Waals surface area contributed by atoms with E-state index < -0.39 is 5.91 Å². The van der Waals surface area contributed by atoms with Gasteiger partial charge in [-0.25, -0.2) is 0 Å². The van der Waals surface area contributed by atoms with Gasteiger partial charge >= 0.3 is 0 Å². The van der Waals surface area contributed by atoms with Crippen LogP contribution in [0.4, 0.5) is 0 Å². The first-order chi connectivity index (χ1) is 11.5. The van der Waals surface area contributed by atoms with Crippen molar-refractivity contribution in [2.45, 2.75) is 6.54 Å².